The first-order chi connectivity index (χ1) is 9.08. The summed E-state index contributed by atoms with van der Waals surface area (Å²) in [5.41, 5.74) is -0.640. The van der Waals surface area contributed by atoms with Gasteiger partial charge in [0.1, 0.15) is 5.82 Å². The van der Waals surface area contributed by atoms with Crippen molar-refractivity contribution in [3.63, 3.8) is 0 Å². The fourth-order valence-corrected chi connectivity index (χ4v) is 2.26. The topological polar surface area (TPSA) is 55.2 Å². The van der Waals surface area contributed by atoms with Gasteiger partial charge in [0.25, 0.3) is 0 Å². The van der Waals surface area contributed by atoms with E-state index in [0.29, 0.717) is 12.6 Å². The van der Waals surface area contributed by atoms with Gasteiger partial charge in [-0.2, -0.15) is 4.39 Å². The standard InChI is InChI=1S/C12H10F2N2O2S/c13-10-5-11(14)12(16(17)18)4-8(10)6-15-7-9-2-1-3-19-9/h1-5,15H,6-7H2. The Labute approximate surface area is 111 Å². The van der Waals surface area contributed by atoms with Crippen molar-refractivity contribution in [3.05, 3.63) is 61.8 Å². The molecule has 0 aliphatic carbocycles. The molecule has 100 valence electrons. The van der Waals surface area contributed by atoms with Gasteiger partial charge in [0.15, 0.2) is 0 Å². The molecule has 0 saturated heterocycles. The number of nitro benzene ring substituents is 1. The average molecular weight is 284 g/mol. The Morgan fingerprint density at radius 3 is 2.68 bits per heavy atom. The van der Waals surface area contributed by atoms with Crippen molar-refractivity contribution in [2.24, 2.45) is 0 Å². The van der Waals surface area contributed by atoms with E-state index in [9.17, 15) is 18.9 Å². The number of thiophene rings is 1. The Hall–Kier alpha value is -1.86. The summed E-state index contributed by atoms with van der Waals surface area (Å²) in [7, 11) is 0. The third-order valence-corrected chi connectivity index (χ3v) is 3.38. The molecule has 0 saturated carbocycles. The van der Waals surface area contributed by atoms with Crippen LogP contribution in [0.5, 0.6) is 0 Å². The molecule has 0 radical (unpaired) electrons. The molecule has 0 atom stereocenters. The molecular formula is C12H10F2N2O2S. The van der Waals surface area contributed by atoms with Crippen LogP contribution in [0.2, 0.25) is 0 Å². The summed E-state index contributed by atoms with van der Waals surface area (Å²) >= 11 is 1.55. The first-order valence-corrected chi connectivity index (χ1v) is 6.31. The maximum absolute atomic E-state index is 13.5. The number of benzene rings is 1. The van der Waals surface area contributed by atoms with Gasteiger partial charge in [0.2, 0.25) is 5.82 Å². The van der Waals surface area contributed by atoms with Crippen molar-refractivity contribution in [2.45, 2.75) is 13.1 Å². The molecule has 0 bridgehead atoms. The smallest absolute Gasteiger partial charge is 0.305 e. The molecule has 0 aliphatic rings. The number of hydrogen-bond acceptors (Lipinski definition) is 4. The number of nitrogens with zero attached hydrogens (tertiary/aromatic N) is 1. The van der Waals surface area contributed by atoms with Crippen molar-refractivity contribution in [1.82, 2.24) is 5.32 Å². The van der Waals surface area contributed by atoms with E-state index in [4.69, 9.17) is 0 Å². The molecule has 19 heavy (non-hydrogen) atoms. The van der Waals surface area contributed by atoms with Gasteiger partial charge in [0, 0.05) is 35.7 Å². The molecule has 0 unspecified atom stereocenters. The number of hydrogen-bond donors (Lipinski definition) is 1. The zero-order valence-electron chi connectivity index (χ0n) is 9.73. The van der Waals surface area contributed by atoms with Gasteiger partial charge in [-0.15, -0.1) is 11.3 Å². The molecule has 0 fully saturated rings. The molecule has 1 heterocycles. The van der Waals surface area contributed by atoms with Gasteiger partial charge in [-0.1, -0.05) is 6.07 Å². The third kappa shape index (κ3) is 3.33. The number of nitro groups is 1. The van der Waals surface area contributed by atoms with E-state index < -0.39 is 22.2 Å². The van der Waals surface area contributed by atoms with Crippen molar-refractivity contribution in [2.75, 3.05) is 0 Å². The van der Waals surface area contributed by atoms with Gasteiger partial charge in [-0.3, -0.25) is 10.1 Å². The Balaban J connectivity index is 2.07. The molecule has 1 aromatic carbocycles. The second-order valence-corrected chi connectivity index (χ2v) is 4.87. The number of nitrogens with one attached hydrogen (secondary N) is 1. The molecule has 7 heteroatoms. The van der Waals surface area contributed by atoms with E-state index >= 15 is 0 Å². The predicted octanol–water partition coefficient (Wildman–Crippen LogP) is 3.22. The average Bonchev–Trinajstić information content (AvgIpc) is 2.84. The summed E-state index contributed by atoms with van der Waals surface area (Å²) < 4.78 is 26.6. The van der Waals surface area contributed by atoms with E-state index in [1.807, 2.05) is 17.5 Å². The molecule has 0 spiro atoms. The van der Waals surface area contributed by atoms with Gasteiger partial charge in [-0.05, 0) is 11.4 Å². The van der Waals surface area contributed by atoms with Crippen molar-refractivity contribution in [1.29, 1.82) is 0 Å². The largest absolute Gasteiger partial charge is 0.308 e. The molecule has 0 amide bonds. The molecule has 2 aromatic rings. The van der Waals surface area contributed by atoms with Crippen LogP contribution >= 0.6 is 11.3 Å². The second-order valence-electron chi connectivity index (χ2n) is 3.84. The van der Waals surface area contributed by atoms with Crippen LogP contribution in [0.4, 0.5) is 14.5 Å². The van der Waals surface area contributed by atoms with Gasteiger partial charge >= 0.3 is 5.69 Å². The summed E-state index contributed by atoms with van der Waals surface area (Å²) in [4.78, 5) is 10.8. The highest BCUT2D eigenvalue weighted by Gasteiger charge is 2.18. The van der Waals surface area contributed by atoms with Crippen LogP contribution in [0.1, 0.15) is 10.4 Å². The van der Waals surface area contributed by atoms with E-state index in [1.54, 1.807) is 11.3 Å². The number of halogens is 2. The lowest BCUT2D eigenvalue weighted by molar-refractivity contribution is -0.387. The molecule has 1 aromatic heterocycles. The van der Waals surface area contributed by atoms with Crippen LogP contribution < -0.4 is 5.32 Å². The van der Waals surface area contributed by atoms with E-state index in [2.05, 4.69) is 5.32 Å². The van der Waals surface area contributed by atoms with Crippen molar-refractivity contribution in [3.8, 4) is 0 Å². The highest BCUT2D eigenvalue weighted by Crippen LogP contribution is 2.21. The fraction of sp³-hybridized carbons (Fsp3) is 0.167. The highest BCUT2D eigenvalue weighted by atomic mass is 32.1. The summed E-state index contributed by atoms with van der Waals surface area (Å²) in [5, 5.41) is 15.4. The Bertz CT molecular complexity index is 588. The quantitative estimate of drug-likeness (QED) is 0.677. The number of rotatable bonds is 5. The maximum atomic E-state index is 13.5. The van der Waals surface area contributed by atoms with Gasteiger partial charge in [0.05, 0.1) is 4.92 Å². The summed E-state index contributed by atoms with van der Waals surface area (Å²) in [5.74, 6) is -1.95. The van der Waals surface area contributed by atoms with E-state index in [1.165, 1.54) is 0 Å². The summed E-state index contributed by atoms with van der Waals surface area (Å²) in [6.07, 6.45) is 0. The van der Waals surface area contributed by atoms with Crippen LogP contribution in [0.3, 0.4) is 0 Å². The van der Waals surface area contributed by atoms with Crippen LogP contribution in [-0.4, -0.2) is 4.92 Å². The zero-order valence-corrected chi connectivity index (χ0v) is 10.5. The monoisotopic (exact) mass is 284 g/mol. The fourth-order valence-electron chi connectivity index (χ4n) is 1.59. The zero-order chi connectivity index (χ0) is 13.8. The van der Waals surface area contributed by atoms with Crippen LogP contribution in [0.15, 0.2) is 29.6 Å². The summed E-state index contributed by atoms with van der Waals surface area (Å²) in [6, 6.07) is 5.28. The Morgan fingerprint density at radius 1 is 1.26 bits per heavy atom. The molecule has 0 aliphatic heterocycles. The third-order valence-electron chi connectivity index (χ3n) is 2.51. The van der Waals surface area contributed by atoms with E-state index in [0.717, 1.165) is 10.9 Å². The SMILES string of the molecule is O=[N+]([O-])c1cc(CNCc2cccs2)c(F)cc1F. The minimum absolute atomic E-state index is 0.0738. The van der Waals surface area contributed by atoms with E-state index in [-0.39, 0.29) is 12.1 Å². The Kier molecular flexibility index (Phi) is 4.18. The molecule has 1 N–H and O–H groups in total. The lowest BCUT2D eigenvalue weighted by Crippen LogP contribution is -2.13. The van der Waals surface area contributed by atoms with Crippen LogP contribution in [-0.2, 0) is 13.1 Å². The van der Waals surface area contributed by atoms with Gasteiger partial charge < -0.3 is 5.32 Å². The molecule has 4 nitrogen and oxygen atoms in total. The minimum Gasteiger partial charge on any atom is -0.308 e. The lowest BCUT2D eigenvalue weighted by Gasteiger charge is -2.05. The first kappa shape index (κ1) is 13.6. The lowest BCUT2D eigenvalue weighted by atomic mass is 10.1. The van der Waals surface area contributed by atoms with Gasteiger partial charge in [-0.25, -0.2) is 4.39 Å². The van der Waals surface area contributed by atoms with Crippen LogP contribution in [0.25, 0.3) is 0 Å². The predicted molar refractivity (Wildman–Crippen MR) is 67.9 cm³/mol. The molecule has 2 rings (SSSR count). The van der Waals surface area contributed by atoms with Crippen molar-refractivity contribution < 1.29 is 13.7 Å². The second kappa shape index (κ2) is 5.85. The highest BCUT2D eigenvalue weighted by molar-refractivity contribution is 7.09. The molecular weight excluding hydrogens is 274 g/mol. The summed E-state index contributed by atoms with van der Waals surface area (Å²) in [6.45, 7) is 0.632. The minimum atomic E-state index is -1.16. The van der Waals surface area contributed by atoms with Crippen LogP contribution in [0, 0.1) is 21.7 Å². The van der Waals surface area contributed by atoms with Crippen molar-refractivity contribution >= 4 is 17.0 Å². The first-order valence-electron chi connectivity index (χ1n) is 5.43. The normalized spacial score (nSPS) is 10.6. The Morgan fingerprint density at radius 2 is 2.05 bits per heavy atom. The maximum Gasteiger partial charge on any atom is 0.305 e.